The molecule has 0 saturated carbocycles. The summed E-state index contributed by atoms with van der Waals surface area (Å²) in [7, 11) is 8.36. The average molecular weight is 669 g/mol. The summed E-state index contributed by atoms with van der Waals surface area (Å²) >= 11 is 6.80. The molecule has 0 aliphatic carbocycles. The molecule has 0 spiro atoms. The van der Waals surface area contributed by atoms with Crippen molar-refractivity contribution in [1.82, 2.24) is 25.4 Å². The third-order valence-electron chi connectivity index (χ3n) is 8.06. The quantitative estimate of drug-likeness (QED) is 0.105. The molecule has 0 radical (unpaired) electrons. The van der Waals surface area contributed by atoms with Gasteiger partial charge in [-0.3, -0.25) is 4.98 Å². The van der Waals surface area contributed by atoms with Crippen LogP contribution in [0.2, 0.25) is 5.02 Å². The van der Waals surface area contributed by atoms with Crippen LogP contribution in [-0.4, -0.2) is 69.2 Å². The zero-order valence-corrected chi connectivity index (χ0v) is 29.7. The van der Waals surface area contributed by atoms with Gasteiger partial charge >= 0.3 is 0 Å². The Labute approximate surface area is 291 Å². The van der Waals surface area contributed by atoms with Gasteiger partial charge in [0.2, 0.25) is 0 Å². The van der Waals surface area contributed by atoms with Crippen LogP contribution in [0.3, 0.4) is 0 Å². The van der Waals surface area contributed by atoms with Crippen molar-refractivity contribution >= 4 is 11.6 Å². The fourth-order valence-corrected chi connectivity index (χ4v) is 5.64. The monoisotopic (exact) mass is 668 g/mol. The Balaban J connectivity index is 1.47. The number of nitriles is 1. The van der Waals surface area contributed by atoms with E-state index in [0.717, 1.165) is 62.3 Å². The molecule has 4 rings (SSSR count). The molecule has 0 aliphatic rings. The van der Waals surface area contributed by atoms with Crippen LogP contribution >= 0.6 is 11.6 Å². The number of ether oxygens (including phenoxy) is 2. The number of aromatic nitrogens is 1. The number of hydrogen-bond donors (Lipinski definition) is 2. The van der Waals surface area contributed by atoms with E-state index in [1.54, 1.807) is 18.5 Å². The molecular weight excluding hydrogens is 620 g/mol. The van der Waals surface area contributed by atoms with E-state index >= 15 is 0 Å². The van der Waals surface area contributed by atoms with E-state index in [-0.39, 0.29) is 6.61 Å². The minimum atomic E-state index is 0.267. The highest BCUT2D eigenvalue weighted by atomic mass is 35.5. The lowest BCUT2D eigenvalue weighted by Gasteiger charge is -2.18. The maximum Gasteiger partial charge on any atom is 0.142 e. The summed E-state index contributed by atoms with van der Waals surface area (Å²) < 4.78 is 12.6. The van der Waals surface area contributed by atoms with E-state index in [9.17, 15) is 5.26 Å². The van der Waals surface area contributed by atoms with Gasteiger partial charge in [0.1, 0.15) is 30.8 Å². The molecule has 9 heteroatoms. The second kappa shape index (κ2) is 19.1. The van der Waals surface area contributed by atoms with Crippen LogP contribution in [0.25, 0.3) is 11.1 Å². The topological polar surface area (TPSA) is 85.7 Å². The summed E-state index contributed by atoms with van der Waals surface area (Å²) in [4.78, 5) is 8.55. The molecule has 8 nitrogen and oxygen atoms in total. The Morgan fingerprint density at radius 2 is 1.48 bits per heavy atom. The first-order valence-electron chi connectivity index (χ1n) is 16.5. The minimum Gasteiger partial charge on any atom is -0.488 e. The lowest BCUT2D eigenvalue weighted by molar-refractivity contribution is 0.287. The van der Waals surface area contributed by atoms with Crippen LogP contribution in [0.15, 0.2) is 73.1 Å². The second-order valence-electron chi connectivity index (χ2n) is 12.6. The maximum atomic E-state index is 9.28. The lowest BCUT2D eigenvalue weighted by atomic mass is 9.95. The van der Waals surface area contributed by atoms with Crippen molar-refractivity contribution in [3.05, 3.63) is 111 Å². The van der Waals surface area contributed by atoms with Crippen molar-refractivity contribution < 1.29 is 9.47 Å². The molecule has 0 aliphatic heterocycles. The van der Waals surface area contributed by atoms with Crippen molar-refractivity contribution in [3.63, 3.8) is 0 Å². The summed E-state index contributed by atoms with van der Waals surface area (Å²) in [6.07, 6.45) is 5.40. The second-order valence-corrected chi connectivity index (χ2v) is 13.0. The smallest absolute Gasteiger partial charge is 0.142 e. The van der Waals surface area contributed by atoms with Crippen molar-refractivity contribution in [3.8, 4) is 28.7 Å². The largest absolute Gasteiger partial charge is 0.488 e. The molecule has 0 saturated heterocycles. The fourth-order valence-electron chi connectivity index (χ4n) is 5.40. The van der Waals surface area contributed by atoms with E-state index in [1.165, 1.54) is 22.3 Å². The summed E-state index contributed by atoms with van der Waals surface area (Å²) in [5.41, 5.74) is 8.14. The molecule has 2 N–H and O–H groups in total. The number of halogens is 1. The van der Waals surface area contributed by atoms with Gasteiger partial charge in [-0.15, -0.1) is 0 Å². The average Bonchev–Trinajstić information content (AvgIpc) is 3.07. The van der Waals surface area contributed by atoms with Crippen molar-refractivity contribution in [1.29, 1.82) is 5.26 Å². The Kier molecular flexibility index (Phi) is 14.7. The number of nitrogens with one attached hydrogen (secondary N) is 2. The predicted molar refractivity (Wildman–Crippen MR) is 195 cm³/mol. The van der Waals surface area contributed by atoms with Gasteiger partial charge in [-0.25, -0.2) is 0 Å². The molecule has 0 amide bonds. The van der Waals surface area contributed by atoms with E-state index < -0.39 is 0 Å². The zero-order valence-electron chi connectivity index (χ0n) is 29.0. The number of hydrogen-bond acceptors (Lipinski definition) is 8. The van der Waals surface area contributed by atoms with Gasteiger partial charge in [0.05, 0.1) is 10.6 Å². The number of pyridine rings is 1. The molecule has 0 bridgehead atoms. The molecular formula is C39H49ClN6O2. The summed E-state index contributed by atoms with van der Waals surface area (Å²) in [5.74, 6) is 1.23. The van der Waals surface area contributed by atoms with Crippen LogP contribution < -0.4 is 20.1 Å². The fraction of sp³-hybridized carbons (Fsp3) is 0.385. The normalized spacial score (nSPS) is 11.2. The van der Waals surface area contributed by atoms with E-state index in [1.807, 2.05) is 12.1 Å². The van der Waals surface area contributed by atoms with Gasteiger partial charge in [-0.1, -0.05) is 48.0 Å². The molecule has 0 atom stereocenters. The third kappa shape index (κ3) is 11.6. The summed E-state index contributed by atoms with van der Waals surface area (Å²) in [5, 5.41) is 16.9. The predicted octanol–water partition coefficient (Wildman–Crippen LogP) is 6.82. The Bertz CT molecular complexity index is 1650. The van der Waals surface area contributed by atoms with Gasteiger partial charge in [0, 0.05) is 42.7 Å². The number of nitrogens with zero attached hydrogens (tertiary/aromatic N) is 4. The molecule has 4 aromatic rings. The molecule has 3 aromatic carbocycles. The molecule has 1 aromatic heterocycles. The highest BCUT2D eigenvalue weighted by Crippen LogP contribution is 2.35. The van der Waals surface area contributed by atoms with Crippen LogP contribution in [0.1, 0.15) is 46.2 Å². The van der Waals surface area contributed by atoms with Crippen molar-refractivity contribution in [2.45, 2.75) is 46.1 Å². The van der Waals surface area contributed by atoms with Crippen LogP contribution in [0, 0.1) is 18.3 Å². The lowest BCUT2D eigenvalue weighted by Crippen LogP contribution is -2.21. The van der Waals surface area contributed by atoms with Gasteiger partial charge in [0.25, 0.3) is 0 Å². The molecule has 1 heterocycles. The number of rotatable bonds is 19. The van der Waals surface area contributed by atoms with Crippen molar-refractivity contribution in [2.24, 2.45) is 0 Å². The van der Waals surface area contributed by atoms with Gasteiger partial charge < -0.3 is 29.9 Å². The highest BCUT2D eigenvalue weighted by molar-refractivity contribution is 6.32. The highest BCUT2D eigenvalue weighted by Gasteiger charge is 2.14. The summed E-state index contributed by atoms with van der Waals surface area (Å²) in [6.45, 7) is 8.16. The Morgan fingerprint density at radius 1 is 0.771 bits per heavy atom. The van der Waals surface area contributed by atoms with Crippen LogP contribution in [-0.2, 0) is 26.3 Å². The van der Waals surface area contributed by atoms with Crippen LogP contribution in [0.4, 0.5) is 0 Å². The van der Waals surface area contributed by atoms with Gasteiger partial charge in [-0.2, -0.15) is 5.26 Å². The van der Waals surface area contributed by atoms with E-state index in [2.05, 4.69) is 109 Å². The van der Waals surface area contributed by atoms with E-state index in [0.29, 0.717) is 35.2 Å². The minimum absolute atomic E-state index is 0.267. The Morgan fingerprint density at radius 3 is 2.21 bits per heavy atom. The van der Waals surface area contributed by atoms with Gasteiger partial charge in [-0.05, 0) is 120 Å². The zero-order chi connectivity index (χ0) is 34.3. The Hall–Kier alpha value is -3.97. The first-order valence-corrected chi connectivity index (χ1v) is 16.9. The molecule has 254 valence electrons. The SMILES string of the molecule is Cc1c(COc2cc(OCc3cncc(C#N)c3)c(CNCCCN(C)C)cc2Cl)cccc1-c1cccc(CNCCCN(C)C)c1. The van der Waals surface area contributed by atoms with Crippen molar-refractivity contribution in [2.75, 3.05) is 54.4 Å². The first-order chi connectivity index (χ1) is 23.2. The van der Waals surface area contributed by atoms with Gasteiger partial charge in [0.15, 0.2) is 0 Å². The summed E-state index contributed by atoms with van der Waals surface area (Å²) in [6, 6.07) is 22.8. The maximum absolute atomic E-state index is 9.28. The van der Waals surface area contributed by atoms with Crippen LogP contribution in [0.5, 0.6) is 11.5 Å². The standard InChI is InChI=1S/C39H49ClN6O2/c1-29-34(12-7-13-36(29)33-11-6-10-30(19-33)23-42-14-8-16-45(2)3)28-48-39-21-38(47-27-32-18-31(22-41)24-44-25-32)35(20-37(39)40)26-43-15-9-17-46(4)5/h6-7,10-13,18-21,24-25,42-43H,8-9,14-17,23,26-28H2,1-5H3. The molecule has 0 unspecified atom stereocenters. The third-order valence-corrected chi connectivity index (χ3v) is 8.36. The number of benzene rings is 3. The first kappa shape index (κ1) is 36.9. The molecule has 48 heavy (non-hydrogen) atoms. The molecule has 0 fully saturated rings. The van der Waals surface area contributed by atoms with E-state index in [4.69, 9.17) is 21.1 Å².